The Hall–Kier alpha value is -1.66. The maximum atomic E-state index is 6.07. The zero-order valence-electron chi connectivity index (χ0n) is 28.3. The fourth-order valence-electron chi connectivity index (χ4n) is 7.29. The molecule has 0 unspecified atom stereocenters. The predicted octanol–water partition coefficient (Wildman–Crippen LogP) is -2.02. The van der Waals surface area contributed by atoms with Crippen molar-refractivity contribution in [2.75, 3.05) is 21.3 Å². The molecular formula is C36H45Cl3O3SiTi. The second-order valence-electron chi connectivity index (χ2n) is 11.9. The molecule has 0 N–H and O–H groups in total. The second kappa shape index (κ2) is 14.8. The molecule has 0 radical (unpaired) electrons. The molecule has 0 spiro atoms. The van der Waals surface area contributed by atoms with Crippen molar-refractivity contribution in [3.05, 3.63) is 92.1 Å². The summed E-state index contributed by atoms with van der Waals surface area (Å²) < 4.78 is 17.9. The standard InChI is InChI=1S/C36H45O3Si.3ClH.Ti/c1-20-14-30(37-11)27(8)33(17-20)40(36-25(6)23(4)24(5)26(36)7,34-18-21(2)15-31(38-12)28(34)9)35-19-22(3)16-32(39-13)29(35)10;;;;/h14-19H,1-13H3;3*1H;/q;;;;+3/p-3. The Kier molecular flexibility index (Phi) is 13.6. The maximum Gasteiger partial charge on any atom is -1.00 e. The van der Waals surface area contributed by atoms with E-state index in [0.29, 0.717) is 0 Å². The molecule has 0 atom stereocenters. The molecule has 1 aliphatic rings. The van der Waals surface area contributed by atoms with Gasteiger partial charge in [-0.05, 0) is 0 Å². The molecule has 0 aliphatic heterocycles. The minimum absolute atomic E-state index is 0. The van der Waals surface area contributed by atoms with Crippen LogP contribution in [0.15, 0.2) is 58.7 Å². The number of methoxy groups -OCH3 is 3. The summed E-state index contributed by atoms with van der Waals surface area (Å²) in [4.78, 5) is 0. The van der Waals surface area contributed by atoms with Gasteiger partial charge in [0.25, 0.3) is 0 Å². The van der Waals surface area contributed by atoms with Gasteiger partial charge in [-0.1, -0.05) is 0 Å². The number of ether oxygens (including phenoxy) is 3. The van der Waals surface area contributed by atoms with Crippen LogP contribution in [0.5, 0.6) is 17.2 Å². The number of allylic oxidation sites excluding steroid dienone is 4. The van der Waals surface area contributed by atoms with Crippen LogP contribution in [0.1, 0.15) is 61.1 Å². The first kappa shape index (κ1) is 40.4. The third-order valence-corrected chi connectivity index (χ3v) is 18.5. The molecule has 3 aromatic rings. The number of halogens is 3. The van der Waals surface area contributed by atoms with Crippen LogP contribution in [-0.2, 0) is 20.4 Å². The van der Waals surface area contributed by atoms with Crippen LogP contribution < -0.4 is 67.0 Å². The van der Waals surface area contributed by atoms with Gasteiger partial charge >= 0.3 is 262 Å². The first-order valence-electron chi connectivity index (χ1n) is 14.3. The van der Waals surface area contributed by atoms with Crippen LogP contribution in [0.2, 0.25) is 3.34 Å². The zero-order chi connectivity index (χ0) is 30.6. The molecule has 3 nitrogen and oxygen atoms in total. The summed E-state index contributed by atoms with van der Waals surface area (Å²) in [7, 11) is 2.32. The summed E-state index contributed by atoms with van der Waals surface area (Å²) >= 11 is 2.51. The van der Waals surface area contributed by atoms with E-state index >= 15 is 0 Å². The van der Waals surface area contributed by atoms with E-state index in [1.165, 1.54) is 71.2 Å². The average molecular weight is 708 g/mol. The first-order valence-corrected chi connectivity index (χ1v) is 17.1. The van der Waals surface area contributed by atoms with Gasteiger partial charge in [0.05, 0.1) is 0 Å². The molecule has 0 fully saturated rings. The van der Waals surface area contributed by atoms with E-state index in [1.807, 2.05) is 0 Å². The van der Waals surface area contributed by atoms with Crippen LogP contribution in [0, 0.1) is 41.5 Å². The van der Waals surface area contributed by atoms with E-state index in [1.54, 1.807) is 21.3 Å². The summed E-state index contributed by atoms with van der Waals surface area (Å²) in [6, 6.07) is 13.9. The van der Waals surface area contributed by atoms with Gasteiger partial charge in [0.15, 0.2) is 0 Å². The van der Waals surface area contributed by atoms with Gasteiger partial charge in [0, 0.05) is 0 Å². The Morgan fingerprint density at radius 2 is 0.727 bits per heavy atom. The van der Waals surface area contributed by atoms with Gasteiger partial charge in [-0.15, -0.1) is 0 Å². The van der Waals surface area contributed by atoms with E-state index < -0.39 is 8.07 Å². The average Bonchev–Trinajstić information content (AvgIpc) is 3.09. The van der Waals surface area contributed by atoms with Crippen molar-refractivity contribution in [3.63, 3.8) is 0 Å². The van der Waals surface area contributed by atoms with Crippen molar-refractivity contribution < 1.29 is 71.9 Å². The largest absolute Gasteiger partial charge is 1.00 e. The SMILES string of the molecule is COc1cc(C)cc([Si](c2cc(C)cc(OC)c2C)(c2cc(C)cc(OC)c2C)[C]2([Ti+3])C(C)=C(C)C(C)=C2C)c1C.[Cl-].[Cl-].[Cl-]. The van der Waals surface area contributed by atoms with E-state index in [2.05, 4.69) is 126 Å². The number of hydrogen-bond acceptors (Lipinski definition) is 3. The van der Waals surface area contributed by atoms with Gasteiger partial charge in [-0.2, -0.15) is 0 Å². The molecule has 0 saturated carbocycles. The van der Waals surface area contributed by atoms with Crippen molar-refractivity contribution in [2.45, 2.75) is 72.6 Å². The summed E-state index contributed by atoms with van der Waals surface area (Å²) in [5, 5.41) is 4.14. The van der Waals surface area contributed by atoms with Gasteiger partial charge in [0.2, 0.25) is 0 Å². The Bertz CT molecular complexity index is 1460. The molecule has 0 amide bonds. The van der Waals surface area contributed by atoms with Crippen LogP contribution in [0.4, 0.5) is 0 Å². The molecule has 0 saturated heterocycles. The van der Waals surface area contributed by atoms with Crippen LogP contribution in [0.25, 0.3) is 0 Å². The van der Waals surface area contributed by atoms with E-state index in [9.17, 15) is 0 Å². The first-order chi connectivity index (χ1) is 19.2. The monoisotopic (exact) mass is 706 g/mol. The van der Waals surface area contributed by atoms with Crippen molar-refractivity contribution in [1.82, 2.24) is 0 Å². The molecule has 236 valence electrons. The normalized spacial score (nSPS) is 14.1. The fraction of sp³-hybridized carbons (Fsp3) is 0.389. The molecular weight excluding hydrogens is 663 g/mol. The summed E-state index contributed by atoms with van der Waals surface area (Å²) in [6.45, 7) is 22.6. The van der Waals surface area contributed by atoms with Crippen molar-refractivity contribution >= 4 is 23.6 Å². The second-order valence-corrected chi connectivity index (χ2v) is 17.7. The number of rotatable bonds is 7. The summed E-state index contributed by atoms with van der Waals surface area (Å²) in [5.74, 6) is 2.80. The van der Waals surface area contributed by atoms with E-state index in [-0.39, 0.29) is 40.6 Å². The smallest absolute Gasteiger partial charge is 1.00 e. The zero-order valence-corrected chi connectivity index (χ0v) is 33.2. The molecule has 8 heteroatoms. The Balaban J connectivity index is 0.00000323. The summed E-state index contributed by atoms with van der Waals surface area (Å²) in [6.07, 6.45) is 0. The van der Waals surface area contributed by atoms with Crippen molar-refractivity contribution in [1.29, 1.82) is 0 Å². The predicted molar refractivity (Wildman–Crippen MR) is 172 cm³/mol. The molecule has 4 rings (SSSR count). The third kappa shape index (κ3) is 5.85. The number of hydrogen-bond donors (Lipinski definition) is 0. The van der Waals surface area contributed by atoms with Crippen molar-refractivity contribution in [2.24, 2.45) is 0 Å². The maximum absolute atomic E-state index is 6.07. The van der Waals surface area contributed by atoms with Gasteiger partial charge < -0.3 is 37.2 Å². The Labute approximate surface area is 296 Å². The molecule has 1 aliphatic carbocycles. The molecule has 0 heterocycles. The molecule has 0 bridgehead atoms. The molecule has 0 aromatic heterocycles. The quantitative estimate of drug-likeness (QED) is 0.210. The molecule has 3 aromatic carbocycles. The Morgan fingerprint density at radius 3 is 0.955 bits per heavy atom. The third-order valence-electron chi connectivity index (χ3n) is 9.76. The number of benzene rings is 3. The van der Waals surface area contributed by atoms with Crippen LogP contribution in [0.3, 0.4) is 0 Å². The van der Waals surface area contributed by atoms with E-state index in [0.717, 1.165) is 17.2 Å². The van der Waals surface area contributed by atoms with Gasteiger partial charge in [-0.3, -0.25) is 0 Å². The van der Waals surface area contributed by atoms with Gasteiger partial charge in [-0.25, -0.2) is 0 Å². The minimum Gasteiger partial charge on any atom is -1.00 e. The Morgan fingerprint density at radius 1 is 0.477 bits per heavy atom. The molecule has 44 heavy (non-hydrogen) atoms. The van der Waals surface area contributed by atoms with Crippen molar-refractivity contribution in [3.8, 4) is 17.2 Å². The summed E-state index contributed by atoms with van der Waals surface area (Å²) in [5.41, 5.74) is 12.9. The van der Waals surface area contributed by atoms with E-state index in [4.69, 9.17) is 14.2 Å². The van der Waals surface area contributed by atoms with Gasteiger partial charge in [0.1, 0.15) is 0 Å². The topological polar surface area (TPSA) is 27.7 Å². The van der Waals surface area contributed by atoms with Crippen LogP contribution >= 0.6 is 0 Å². The van der Waals surface area contributed by atoms with Crippen LogP contribution in [-0.4, -0.2) is 29.4 Å². The fourth-order valence-corrected chi connectivity index (χ4v) is 16.7. The number of aryl methyl sites for hydroxylation is 3. The minimum atomic E-state index is -3.05.